The largest absolute Gasteiger partial charge is 0.310 e. The van der Waals surface area contributed by atoms with Crippen LogP contribution in [0, 0.1) is 34.6 Å². The lowest BCUT2D eigenvalue weighted by atomic mass is 9.92. The number of benzene rings is 10. The van der Waals surface area contributed by atoms with Crippen molar-refractivity contribution in [1.82, 2.24) is 0 Å². The van der Waals surface area contributed by atoms with Crippen LogP contribution in [-0.4, -0.2) is 0 Å². The van der Waals surface area contributed by atoms with Crippen LogP contribution in [0.25, 0.3) is 53.9 Å². The van der Waals surface area contributed by atoms with Crippen LogP contribution in [0.5, 0.6) is 0 Å². The summed E-state index contributed by atoms with van der Waals surface area (Å²) < 4.78 is 0. The monoisotopic (exact) mass is 732 g/mol. The second-order valence-electron chi connectivity index (χ2n) is 15.9. The van der Waals surface area contributed by atoms with Crippen molar-refractivity contribution in [2.75, 3.05) is 9.80 Å². The van der Waals surface area contributed by atoms with Crippen molar-refractivity contribution in [1.29, 1.82) is 0 Å². The van der Waals surface area contributed by atoms with Gasteiger partial charge in [-0.2, -0.15) is 0 Å². The lowest BCUT2D eigenvalue weighted by molar-refractivity contribution is 1.29. The molecule has 10 aromatic rings. The molecule has 0 aliphatic carbocycles. The van der Waals surface area contributed by atoms with Gasteiger partial charge in [0.05, 0.1) is 11.4 Å². The van der Waals surface area contributed by atoms with Crippen LogP contribution in [0.1, 0.15) is 27.8 Å². The number of aryl methyl sites for hydroxylation is 5. The molecule has 0 radical (unpaired) electrons. The molecule has 10 aromatic carbocycles. The number of rotatable bonds is 6. The van der Waals surface area contributed by atoms with Gasteiger partial charge < -0.3 is 9.80 Å². The van der Waals surface area contributed by atoms with E-state index in [0.717, 1.165) is 34.1 Å². The van der Waals surface area contributed by atoms with Gasteiger partial charge in [0.1, 0.15) is 0 Å². The van der Waals surface area contributed by atoms with E-state index < -0.39 is 0 Å². The van der Waals surface area contributed by atoms with Gasteiger partial charge in [-0.1, -0.05) is 137 Å². The molecular formula is C55H44N2. The maximum atomic E-state index is 2.46. The Labute approximate surface area is 334 Å². The smallest absolute Gasteiger partial charge is 0.0546 e. The molecule has 0 aliphatic heterocycles. The SMILES string of the molecule is Cc1ccc(N(c2ccc3cc(C)ccc3c2)c2cc3c4ccc(C)cc4c(N(c4ccc(C)cc4)c4ccc5cc(C)ccc5c4)cc3c3ccccc23)cc1. The molecular weight excluding hydrogens is 689 g/mol. The van der Waals surface area contributed by atoms with E-state index >= 15 is 0 Å². The van der Waals surface area contributed by atoms with Gasteiger partial charge >= 0.3 is 0 Å². The highest BCUT2D eigenvalue weighted by Crippen LogP contribution is 2.48. The zero-order valence-electron chi connectivity index (χ0n) is 33.1. The van der Waals surface area contributed by atoms with Crippen LogP contribution >= 0.6 is 0 Å². The number of hydrogen-bond donors (Lipinski definition) is 0. The second kappa shape index (κ2) is 13.7. The van der Waals surface area contributed by atoms with Crippen LogP contribution in [-0.2, 0) is 0 Å². The Kier molecular flexibility index (Phi) is 8.30. The van der Waals surface area contributed by atoms with E-state index in [1.165, 1.54) is 81.7 Å². The Morgan fingerprint density at radius 3 is 1.14 bits per heavy atom. The quantitative estimate of drug-likeness (QED) is 0.157. The third kappa shape index (κ3) is 6.15. The lowest BCUT2D eigenvalue weighted by Gasteiger charge is -2.30. The van der Waals surface area contributed by atoms with Crippen LogP contribution < -0.4 is 9.80 Å². The van der Waals surface area contributed by atoms with Crippen molar-refractivity contribution in [2.24, 2.45) is 0 Å². The molecule has 0 amide bonds. The molecule has 0 bridgehead atoms. The lowest BCUT2D eigenvalue weighted by Crippen LogP contribution is -2.12. The Balaban J connectivity index is 1.28. The average molecular weight is 733 g/mol. The third-order valence-electron chi connectivity index (χ3n) is 11.6. The summed E-state index contributed by atoms with van der Waals surface area (Å²) in [4.78, 5) is 4.90. The fourth-order valence-corrected chi connectivity index (χ4v) is 8.67. The van der Waals surface area contributed by atoms with Crippen LogP contribution in [0.15, 0.2) is 176 Å². The van der Waals surface area contributed by atoms with Crippen LogP contribution in [0.4, 0.5) is 34.1 Å². The molecule has 0 atom stereocenters. The van der Waals surface area contributed by atoms with E-state index in [9.17, 15) is 0 Å². The first kappa shape index (κ1) is 34.6. The molecule has 0 saturated heterocycles. The van der Waals surface area contributed by atoms with Gasteiger partial charge in [-0.3, -0.25) is 0 Å². The summed E-state index contributed by atoms with van der Waals surface area (Å²) in [6, 6.07) is 65.9. The van der Waals surface area contributed by atoms with Gasteiger partial charge in [-0.05, 0) is 144 Å². The van der Waals surface area contributed by atoms with Crippen molar-refractivity contribution in [3.63, 3.8) is 0 Å². The minimum atomic E-state index is 1.13. The Bertz CT molecular complexity index is 3170. The average Bonchev–Trinajstić information content (AvgIpc) is 3.22. The summed E-state index contributed by atoms with van der Waals surface area (Å²) in [6.45, 7) is 10.8. The Morgan fingerprint density at radius 1 is 0.246 bits per heavy atom. The highest BCUT2D eigenvalue weighted by Gasteiger charge is 2.22. The fourth-order valence-electron chi connectivity index (χ4n) is 8.67. The molecule has 0 aliphatic rings. The van der Waals surface area contributed by atoms with Gasteiger partial charge in [0.25, 0.3) is 0 Å². The summed E-state index contributed by atoms with van der Waals surface area (Å²) in [6.07, 6.45) is 0. The first-order chi connectivity index (χ1) is 27.8. The molecule has 0 N–H and O–H groups in total. The maximum absolute atomic E-state index is 2.46. The number of anilines is 6. The summed E-state index contributed by atoms with van der Waals surface area (Å²) >= 11 is 0. The van der Waals surface area contributed by atoms with Crippen molar-refractivity contribution >= 4 is 88.0 Å². The van der Waals surface area contributed by atoms with Gasteiger partial charge in [-0.25, -0.2) is 0 Å². The van der Waals surface area contributed by atoms with Gasteiger partial charge in [-0.15, -0.1) is 0 Å². The Morgan fingerprint density at radius 2 is 0.614 bits per heavy atom. The van der Waals surface area contributed by atoms with E-state index in [0.29, 0.717) is 0 Å². The summed E-state index contributed by atoms with van der Waals surface area (Å²) in [7, 11) is 0. The summed E-state index contributed by atoms with van der Waals surface area (Å²) in [5, 5.41) is 12.3. The molecule has 10 rings (SSSR count). The topological polar surface area (TPSA) is 6.48 Å². The molecule has 0 aromatic heterocycles. The minimum Gasteiger partial charge on any atom is -0.310 e. The molecule has 2 heteroatoms. The molecule has 274 valence electrons. The zero-order chi connectivity index (χ0) is 38.8. The zero-order valence-corrected chi connectivity index (χ0v) is 33.1. The van der Waals surface area contributed by atoms with Gasteiger partial charge in [0.2, 0.25) is 0 Å². The fraction of sp³-hybridized carbons (Fsp3) is 0.0909. The molecule has 0 spiro atoms. The van der Waals surface area contributed by atoms with E-state index in [-0.39, 0.29) is 0 Å². The maximum Gasteiger partial charge on any atom is 0.0546 e. The van der Waals surface area contributed by atoms with Gasteiger partial charge in [0.15, 0.2) is 0 Å². The number of hydrogen-bond acceptors (Lipinski definition) is 2. The molecule has 0 saturated carbocycles. The van der Waals surface area contributed by atoms with Crippen LogP contribution in [0.2, 0.25) is 0 Å². The molecule has 2 nitrogen and oxygen atoms in total. The second-order valence-corrected chi connectivity index (χ2v) is 15.9. The predicted octanol–water partition coefficient (Wildman–Crippen LogP) is 15.9. The van der Waals surface area contributed by atoms with Crippen molar-refractivity contribution < 1.29 is 0 Å². The Hall–Kier alpha value is -6.90. The van der Waals surface area contributed by atoms with E-state index in [1.807, 2.05) is 0 Å². The van der Waals surface area contributed by atoms with E-state index in [1.54, 1.807) is 0 Å². The van der Waals surface area contributed by atoms with Crippen molar-refractivity contribution in [3.8, 4) is 0 Å². The van der Waals surface area contributed by atoms with Crippen molar-refractivity contribution in [2.45, 2.75) is 34.6 Å². The minimum absolute atomic E-state index is 1.13. The molecule has 0 heterocycles. The molecule has 0 fully saturated rings. The molecule has 0 unspecified atom stereocenters. The van der Waals surface area contributed by atoms with Crippen LogP contribution in [0.3, 0.4) is 0 Å². The third-order valence-corrected chi connectivity index (χ3v) is 11.6. The predicted molar refractivity (Wildman–Crippen MR) is 247 cm³/mol. The highest BCUT2D eigenvalue weighted by molar-refractivity contribution is 6.24. The normalized spacial score (nSPS) is 11.6. The highest BCUT2D eigenvalue weighted by atomic mass is 15.2. The first-order valence-corrected chi connectivity index (χ1v) is 19.9. The van der Waals surface area contributed by atoms with E-state index in [4.69, 9.17) is 0 Å². The van der Waals surface area contributed by atoms with Gasteiger partial charge in [0, 0.05) is 33.5 Å². The van der Waals surface area contributed by atoms with Crippen molar-refractivity contribution in [3.05, 3.63) is 204 Å². The molecule has 57 heavy (non-hydrogen) atoms. The summed E-state index contributed by atoms with van der Waals surface area (Å²) in [5.74, 6) is 0. The number of fused-ring (bicyclic) bond motifs is 7. The number of nitrogens with zero attached hydrogens (tertiary/aromatic N) is 2. The first-order valence-electron chi connectivity index (χ1n) is 19.9. The standard InChI is InChI=1S/C55H44N2/c1-35-12-21-44(22-13-35)56(46-25-19-40-28-37(3)10-17-42(40)31-46)54-33-52-49-27-16-39(5)30-53(49)55(34-51(52)48-8-6-7-9-50(48)54)57(45-23-14-36(2)15-24-45)47-26-20-41-29-38(4)11-18-43(41)32-47/h6-34H,1-5H3. The summed E-state index contributed by atoms with van der Waals surface area (Å²) in [5.41, 5.74) is 13.1. The van der Waals surface area contributed by atoms with E-state index in [2.05, 4.69) is 220 Å².